The molecule has 0 radical (unpaired) electrons. The number of ether oxygens (including phenoxy) is 1. The summed E-state index contributed by atoms with van der Waals surface area (Å²) >= 11 is 0. The van der Waals surface area contributed by atoms with Crippen LogP contribution >= 0.6 is 0 Å². The summed E-state index contributed by atoms with van der Waals surface area (Å²) in [5.74, 6) is 0.962. The van der Waals surface area contributed by atoms with E-state index in [1.165, 1.54) is 0 Å². The second kappa shape index (κ2) is 7.26. The zero-order valence-corrected chi connectivity index (χ0v) is 16.8. The molecule has 1 amide bonds. The summed E-state index contributed by atoms with van der Waals surface area (Å²) in [4.78, 5) is 18.1. The molecule has 0 fully saturated rings. The van der Waals surface area contributed by atoms with Crippen LogP contribution in [0.4, 0.5) is 0 Å². The van der Waals surface area contributed by atoms with Gasteiger partial charge in [-0.25, -0.2) is 9.67 Å². The highest BCUT2D eigenvalue weighted by atomic mass is 16.5. The molecule has 0 bridgehead atoms. The maximum Gasteiger partial charge on any atom is 0.252 e. The summed E-state index contributed by atoms with van der Waals surface area (Å²) in [7, 11) is 0. The largest absolute Gasteiger partial charge is 0.493 e. The van der Waals surface area contributed by atoms with Gasteiger partial charge in [0.1, 0.15) is 5.75 Å². The molecule has 0 saturated carbocycles. The van der Waals surface area contributed by atoms with Crippen LogP contribution in [0.25, 0.3) is 11.0 Å². The Morgan fingerprint density at radius 3 is 2.79 bits per heavy atom. The number of aromatic nitrogens is 3. The van der Waals surface area contributed by atoms with Crippen molar-refractivity contribution in [2.24, 2.45) is 0 Å². The van der Waals surface area contributed by atoms with E-state index in [9.17, 15) is 4.79 Å². The number of rotatable bonds is 4. The first-order valence-electron chi connectivity index (χ1n) is 9.86. The van der Waals surface area contributed by atoms with E-state index in [-0.39, 0.29) is 23.9 Å². The number of amides is 1. The second-order valence-corrected chi connectivity index (χ2v) is 7.87. The van der Waals surface area contributed by atoms with Crippen LogP contribution in [0.1, 0.15) is 73.7 Å². The Labute approximate surface area is 164 Å². The summed E-state index contributed by atoms with van der Waals surface area (Å²) in [6.07, 6.45) is 2.50. The molecule has 2 aromatic heterocycles. The highest BCUT2D eigenvalue weighted by Crippen LogP contribution is 2.32. The van der Waals surface area contributed by atoms with E-state index < -0.39 is 0 Å². The Balaban J connectivity index is 1.73. The van der Waals surface area contributed by atoms with Gasteiger partial charge >= 0.3 is 0 Å². The molecule has 146 valence electrons. The van der Waals surface area contributed by atoms with Crippen LogP contribution < -0.4 is 10.1 Å². The van der Waals surface area contributed by atoms with Crippen molar-refractivity contribution < 1.29 is 9.53 Å². The number of nitrogens with one attached hydrogen (secondary N) is 1. The number of hydrogen-bond acceptors (Lipinski definition) is 4. The summed E-state index contributed by atoms with van der Waals surface area (Å²) in [6.45, 7) is 8.89. The monoisotopic (exact) mass is 378 g/mol. The number of para-hydroxylation sites is 1. The fourth-order valence-corrected chi connectivity index (χ4v) is 3.63. The predicted molar refractivity (Wildman–Crippen MR) is 109 cm³/mol. The maximum absolute atomic E-state index is 13.3. The molecule has 1 aliphatic rings. The van der Waals surface area contributed by atoms with Crippen LogP contribution in [-0.2, 0) is 0 Å². The molecule has 3 heterocycles. The summed E-state index contributed by atoms with van der Waals surface area (Å²) in [5.41, 5.74) is 3.31. The molecular formula is C22H26N4O2. The topological polar surface area (TPSA) is 69.0 Å². The molecule has 1 aliphatic heterocycles. The molecule has 1 aromatic carbocycles. The summed E-state index contributed by atoms with van der Waals surface area (Å²) < 4.78 is 7.59. The first kappa shape index (κ1) is 18.5. The predicted octanol–water partition coefficient (Wildman–Crippen LogP) is 4.39. The molecular weight excluding hydrogens is 352 g/mol. The van der Waals surface area contributed by atoms with Gasteiger partial charge in [-0.15, -0.1) is 0 Å². The smallest absolute Gasteiger partial charge is 0.252 e. The molecule has 28 heavy (non-hydrogen) atoms. The number of carbonyl (C=O) groups excluding carboxylic acids is 1. The van der Waals surface area contributed by atoms with Crippen molar-refractivity contribution in [2.45, 2.75) is 52.1 Å². The van der Waals surface area contributed by atoms with Gasteiger partial charge in [0, 0.05) is 23.7 Å². The molecule has 0 spiro atoms. The minimum absolute atomic E-state index is 0.0664. The number of fused-ring (bicyclic) bond motifs is 2. The first-order chi connectivity index (χ1) is 13.5. The van der Waals surface area contributed by atoms with Gasteiger partial charge in [0.15, 0.2) is 5.65 Å². The van der Waals surface area contributed by atoms with Crippen LogP contribution in [0, 0.1) is 0 Å². The molecule has 1 N–H and O–H groups in total. The van der Waals surface area contributed by atoms with Gasteiger partial charge in [0.2, 0.25) is 0 Å². The van der Waals surface area contributed by atoms with Crippen molar-refractivity contribution in [3.8, 4) is 5.75 Å². The Hall–Kier alpha value is -2.89. The van der Waals surface area contributed by atoms with Gasteiger partial charge in [-0.2, -0.15) is 5.10 Å². The number of carbonyl (C=O) groups is 1. The highest BCUT2D eigenvalue weighted by molar-refractivity contribution is 6.05. The third-order valence-corrected chi connectivity index (χ3v) is 5.18. The molecule has 1 atom stereocenters. The molecule has 0 saturated heterocycles. The Bertz CT molecular complexity index is 1020. The van der Waals surface area contributed by atoms with Crippen molar-refractivity contribution in [3.63, 3.8) is 0 Å². The molecule has 6 nitrogen and oxygen atoms in total. The van der Waals surface area contributed by atoms with E-state index in [1.807, 2.05) is 35.0 Å². The maximum atomic E-state index is 13.3. The van der Waals surface area contributed by atoms with E-state index in [4.69, 9.17) is 9.72 Å². The SMILES string of the molecule is CC(C)c1cc(C(=O)N[C@H]2CCOc3ccccc32)c2cnn(C(C)C)c2n1. The van der Waals surface area contributed by atoms with E-state index >= 15 is 0 Å². The lowest BCUT2D eigenvalue weighted by molar-refractivity contribution is 0.0926. The third kappa shape index (κ3) is 3.23. The van der Waals surface area contributed by atoms with Crippen molar-refractivity contribution in [3.05, 3.63) is 53.3 Å². The molecule has 3 aromatic rings. The van der Waals surface area contributed by atoms with Crippen LogP contribution in [0.3, 0.4) is 0 Å². The highest BCUT2D eigenvalue weighted by Gasteiger charge is 2.25. The second-order valence-electron chi connectivity index (χ2n) is 7.87. The lowest BCUT2D eigenvalue weighted by Crippen LogP contribution is -2.32. The van der Waals surface area contributed by atoms with Gasteiger partial charge in [0.25, 0.3) is 5.91 Å². The zero-order valence-electron chi connectivity index (χ0n) is 16.8. The lowest BCUT2D eigenvalue weighted by Gasteiger charge is -2.26. The van der Waals surface area contributed by atoms with Gasteiger partial charge in [-0.1, -0.05) is 32.0 Å². The van der Waals surface area contributed by atoms with Crippen LogP contribution in [0.15, 0.2) is 36.5 Å². The average molecular weight is 378 g/mol. The first-order valence-corrected chi connectivity index (χ1v) is 9.86. The number of pyridine rings is 1. The van der Waals surface area contributed by atoms with E-state index in [0.717, 1.165) is 34.5 Å². The summed E-state index contributed by atoms with van der Waals surface area (Å²) in [6, 6.07) is 9.89. The van der Waals surface area contributed by atoms with Crippen LogP contribution in [0.5, 0.6) is 5.75 Å². The van der Waals surface area contributed by atoms with Gasteiger partial charge in [-0.05, 0) is 31.9 Å². The minimum atomic E-state index is -0.0979. The van der Waals surface area contributed by atoms with E-state index in [2.05, 4.69) is 38.1 Å². The molecule has 6 heteroatoms. The number of nitrogens with zero attached hydrogens (tertiary/aromatic N) is 3. The third-order valence-electron chi connectivity index (χ3n) is 5.18. The van der Waals surface area contributed by atoms with Crippen LogP contribution in [0.2, 0.25) is 0 Å². The molecule has 0 aliphatic carbocycles. The van der Waals surface area contributed by atoms with Gasteiger partial charge in [0.05, 0.1) is 29.8 Å². The quantitative estimate of drug-likeness (QED) is 0.731. The molecule has 4 rings (SSSR count). The van der Waals surface area contributed by atoms with Crippen molar-refractivity contribution in [1.29, 1.82) is 0 Å². The zero-order chi connectivity index (χ0) is 19.8. The van der Waals surface area contributed by atoms with E-state index in [0.29, 0.717) is 12.2 Å². The normalized spacial score (nSPS) is 16.3. The van der Waals surface area contributed by atoms with Crippen LogP contribution in [-0.4, -0.2) is 27.3 Å². The Morgan fingerprint density at radius 1 is 1.25 bits per heavy atom. The lowest BCUT2D eigenvalue weighted by atomic mass is 9.99. The summed E-state index contributed by atoms with van der Waals surface area (Å²) in [5, 5.41) is 8.47. The fraction of sp³-hybridized carbons (Fsp3) is 0.409. The number of hydrogen-bond donors (Lipinski definition) is 1. The average Bonchev–Trinajstić information content (AvgIpc) is 3.11. The standard InChI is InChI=1S/C22H26N4O2/c1-13(2)19-11-16(17-12-23-26(14(3)4)21(17)24-19)22(27)25-18-9-10-28-20-8-6-5-7-15(18)20/h5-8,11-14,18H,9-10H2,1-4H3,(H,25,27)/t18-/m0/s1. The fourth-order valence-electron chi connectivity index (χ4n) is 3.63. The molecule has 0 unspecified atom stereocenters. The Kier molecular flexibility index (Phi) is 4.79. The van der Waals surface area contributed by atoms with Crippen molar-refractivity contribution in [1.82, 2.24) is 20.1 Å². The Morgan fingerprint density at radius 2 is 2.04 bits per heavy atom. The van der Waals surface area contributed by atoms with Crippen molar-refractivity contribution >= 4 is 16.9 Å². The van der Waals surface area contributed by atoms with Crippen molar-refractivity contribution in [2.75, 3.05) is 6.61 Å². The van der Waals surface area contributed by atoms with Gasteiger partial charge < -0.3 is 10.1 Å². The van der Waals surface area contributed by atoms with E-state index in [1.54, 1.807) is 6.20 Å². The number of benzene rings is 1. The minimum Gasteiger partial charge on any atom is -0.493 e. The van der Waals surface area contributed by atoms with Gasteiger partial charge in [-0.3, -0.25) is 4.79 Å².